The van der Waals surface area contributed by atoms with E-state index in [-0.39, 0.29) is 23.7 Å². The summed E-state index contributed by atoms with van der Waals surface area (Å²) in [5.74, 6) is 0.109. The molecule has 1 amide bonds. The summed E-state index contributed by atoms with van der Waals surface area (Å²) in [5.41, 5.74) is 1.59. The largest absolute Gasteiger partial charge is 0.494 e. The van der Waals surface area contributed by atoms with E-state index in [1.165, 1.54) is 32.4 Å². The molecule has 6 nitrogen and oxygen atoms in total. The van der Waals surface area contributed by atoms with Crippen LogP contribution in [0, 0.1) is 11.8 Å². The number of carbonyl (C=O) groups is 2. The van der Waals surface area contributed by atoms with Gasteiger partial charge in [0.15, 0.2) is 0 Å². The van der Waals surface area contributed by atoms with Crippen molar-refractivity contribution < 1.29 is 19.1 Å². The zero-order chi connectivity index (χ0) is 23.4. The first-order valence-corrected chi connectivity index (χ1v) is 12.8. The van der Waals surface area contributed by atoms with E-state index in [0.717, 1.165) is 62.3 Å². The molecule has 2 heterocycles. The normalized spacial score (nSPS) is 23.4. The van der Waals surface area contributed by atoms with Crippen molar-refractivity contribution in [1.82, 2.24) is 4.90 Å². The minimum Gasteiger partial charge on any atom is -0.494 e. The Labute approximate surface area is 198 Å². The molecule has 182 valence electrons. The van der Waals surface area contributed by atoms with Gasteiger partial charge in [-0.3, -0.25) is 9.59 Å². The number of nitrogens with zero attached hydrogens (tertiary/aromatic N) is 2. The van der Waals surface area contributed by atoms with Crippen molar-refractivity contribution in [2.24, 2.45) is 11.8 Å². The predicted molar refractivity (Wildman–Crippen MR) is 130 cm³/mol. The molecule has 1 aromatic rings. The minimum absolute atomic E-state index is 0.0670. The summed E-state index contributed by atoms with van der Waals surface area (Å²) < 4.78 is 11.6. The lowest BCUT2D eigenvalue weighted by molar-refractivity contribution is -0.162. The second-order valence-corrected chi connectivity index (χ2v) is 10.8. The van der Waals surface area contributed by atoms with Gasteiger partial charge in [0, 0.05) is 18.8 Å². The summed E-state index contributed by atoms with van der Waals surface area (Å²) in [5, 5.41) is 0. The molecule has 6 heteroatoms. The first-order valence-electron chi connectivity index (χ1n) is 12.8. The number of anilines is 1. The summed E-state index contributed by atoms with van der Waals surface area (Å²) in [6.07, 6.45) is 8.25. The quantitative estimate of drug-likeness (QED) is 0.444. The number of rotatable bonds is 7. The van der Waals surface area contributed by atoms with Crippen LogP contribution in [0.15, 0.2) is 18.2 Å². The number of ether oxygens (including phenoxy) is 2. The average Bonchev–Trinajstić information content (AvgIpc) is 3.43. The zero-order valence-electron chi connectivity index (χ0n) is 20.6. The van der Waals surface area contributed by atoms with Gasteiger partial charge in [0.05, 0.1) is 18.4 Å². The molecule has 0 spiro atoms. The fraction of sp³-hybridized carbons (Fsp3) is 0.704. The molecular weight excluding hydrogens is 416 g/mol. The lowest BCUT2D eigenvalue weighted by Gasteiger charge is -2.27. The van der Waals surface area contributed by atoms with Crippen molar-refractivity contribution in [3.05, 3.63) is 23.8 Å². The van der Waals surface area contributed by atoms with E-state index in [1.807, 2.05) is 37.8 Å². The average molecular weight is 457 g/mol. The van der Waals surface area contributed by atoms with Crippen LogP contribution in [-0.4, -0.2) is 55.2 Å². The van der Waals surface area contributed by atoms with Gasteiger partial charge in [0.25, 0.3) is 0 Å². The van der Waals surface area contributed by atoms with E-state index in [0.29, 0.717) is 6.54 Å². The Bertz CT molecular complexity index is 841. The molecule has 1 saturated carbocycles. The highest BCUT2D eigenvalue weighted by Gasteiger charge is 2.43. The van der Waals surface area contributed by atoms with Crippen molar-refractivity contribution in [2.75, 3.05) is 37.7 Å². The van der Waals surface area contributed by atoms with Crippen LogP contribution in [0.1, 0.15) is 71.3 Å². The Hall–Kier alpha value is -2.08. The van der Waals surface area contributed by atoms with Gasteiger partial charge in [0.1, 0.15) is 11.4 Å². The fourth-order valence-corrected chi connectivity index (χ4v) is 5.47. The number of hydrogen-bond acceptors (Lipinski definition) is 5. The third-order valence-electron chi connectivity index (χ3n) is 7.09. The van der Waals surface area contributed by atoms with Crippen molar-refractivity contribution in [3.8, 4) is 5.75 Å². The number of piperidine rings is 1. The van der Waals surface area contributed by atoms with E-state index in [2.05, 4.69) is 11.0 Å². The van der Waals surface area contributed by atoms with E-state index in [9.17, 15) is 9.59 Å². The van der Waals surface area contributed by atoms with Gasteiger partial charge < -0.3 is 19.3 Å². The third-order valence-corrected chi connectivity index (χ3v) is 7.09. The number of likely N-dealkylation sites (tertiary alicyclic amines) is 1. The van der Waals surface area contributed by atoms with Gasteiger partial charge in [-0.05, 0) is 96.1 Å². The van der Waals surface area contributed by atoms with Crippen molar-refractivity contribution in [2.45, 2.75) is 77.7 Å². The Morgan fingerprint density at radius 2 is 1.76 bits per heavy atom. The SMILES string of the molecule is CC(C)(C)OC(=O)C1CCC[C@@H]1C(=O)N1CCc2cc(OCCCN3CCCCC3)ccc21. The first kappa shape index (κ1) is 24.1. The molecule has 0 radical (unpaired) electrons. The molecule has 2 fully saturated rings. The lowest BCUT2D eigenvalue weighted by atomic mass is 9.94. The maximum absolute atomic E-state index is 13.4. The van der Waals surface area contributed by atoms with E-state index < -0.39 is 5.60 Å². The summed E-state index contributed by atoms with van der Waals surface area (Å²) in [6, 6.07) is 6.08. The Morgan fingerprint density at radius 1 is 1.00 bits per heavy atom. The maximum atomic E-state index is 13.4. The van der Waals surface area contributed by atoms with Crippen LogP contribution in [0.5, 0.6) is 5.75 Å². The summed E-state index contributed by atoms with van der Waals surface area (Å²) in [6.45, 7) is 10.6. The molecule has 2 aliphatic heterocycles. The number of amides is 1. The highest BCUT2D eigenvalue weighted by molar-refractivity contribution is 5.99. The summed E-state index contributed by atoms with van der Waals surface area (Å²) in [4.78, 5) is 30.5. The zero-order valence-corrected chi connectivity index (χ0v) is 20.6. The van der Waals surface area contributed by atoms with Crippen LogP contribution in [-0.2, 0) is 20.7 Å². The molecule has 2 atom stereocenters. The first-order chi connectivity index (χ1) is 15.8. The van der Waals surface area contributed by atoms with Crippen LogP contribution in [0.25, 0.3) is 0 Å². The summed E-state index contributed by atoms with van der Waals surface area (Å²) >= 11 is 0. The van der Waals surface area contributed by atoms with Crippen molar-refractivity contribution in [3.63, 3.8) is 0 Å². The standard InChI is InChI=1S/C27H40N2O4/c1-27(2,3)33-26(31)23-10-7-9-22(23)25(30)29-17-13-20-19-21(11-12-24(20)29)32-18-8-16-28-14-5-4-6-15-28/h11-12,19,22-23H,4-10,13-18H2,1-3H3/t22-,23?/m0/s1. The van der Waals surface area contributed by atoms with Crippen LogP contribution in [0.3, 0.4) is 0 Å². The Kier molecular flexibility index (Phi) is 7.62. The number of carbonyl (C=O) groups excluding carboxylic acids is 2. The number of esters is 1. The molecule has 1 saturated heterocycles. The van der Waals surface area contributed by atoms with Gasteiger partial charge in [-0.15, -0.1) is 0 Å². The highest BCUT2D eigenvalue weighted by Crippen LogP contribution is 2.39. The maximum Gasteiger partial charge on any atom is 0.310 e. The van der Waals surface area contributed by atoms with Crippen molar-refractivity contribution in [1.29, 1.82) is 0 Å². The third kappa shape index (κ3) is 6.08. The molecule has 1 aromatic carbocycles. The molecule has 0 aromatic heterocycles. The topological polar surface area (TPSA) is 59.1 Å². The molecule has 33 heavy (non-hydrogen) atoms. The molecule has 1 unspecified atom stereocenters. The molecule has 1 aliphatic carbocycles. The van der Waals surface area contributed by atoms with E-state index >= 15 is 0 Å². The van der Waals surface area contributed by atoms with Crippen LogP contribution in [0.4, 0.5) is 5.69 Å². The second-order valence-electron chi connectivity index (χ2n) is 10.8. The van der Waals surface area contributed by atoms with Crippen LogP contribution in [0.2, 0.25) is 0 Å². The Morgan fingerprint density at radius 3 is 2.52 bits per heavy atom. The number of hydrogen-bond donors (Lipinski definition) is 0. The van der Waals surface area contributed by atoms with E-state index in [1.54, 1.807) is 0 Å². The smallest absolute Gasteiger partial charge is 0.310 e. The van der Waals surface area contributed by atoms with Crippen LogP contribution >= 0.6 is 0 Å². The van der Waals surface area contributed by atoms with E-state index in [4.69, 9.17) is 9.47 Å². The van der Waals surface area contributed by atoms with Gasteiger partial charge in [-0.1, -0.05) is 12.8 Å². The van der Waals surface area contributed by atoms with Gasteiger partial charge in [0.2, 0.25) is 5.91 Å². The molecular formula is C27H40N2O4. The fourth-order valence-electron chi connectivity index (χ4n) is 5.47. The van der Waals surface area contributed by atoms with Crippen molar-refractivity contribution >= 4 is 17.6 Å². The van der Waals surface area contributed by atoms with Gasteiger partial charge in [-0.25, -0.2) is 0 Å². The van der Waals surface area contributed by atoms with Gasteiger partial charge in [-0.2, -0.15) is 0 Å². The molecule has 0 bridgehead atoms. The Balaban J connectivity index is 1.32. The predicted octanol–water partition coefficient (Wildman–Crippen LogP) is 4.59. The second kappa shape index (κ2) is 10.5. The summed E-state index contributed by atoms with van der Waals surface area (Å²) in [7, 11) is 0. The lowest BCUT2D eigenvalue weighted by Crippen LogP contribution is -2.40. The molecule has 4 rings (SSSR count). The van der Waals surface area contributed by atoms with Crippen LogP contribution < -0.4 is 9.64 Å². The van der Waals surface area contributed by atoms with Gasteiger partial charge >= 0.3 is 5.97 Å². The minimum atomic E-state index is -0.530. The number of benzene rings is 1. The number of fused-ring (bicyclic) bond motifs is 1. The molecule has 0 N–H and O–H groups in total. The molecule has 3 aliphatic rings. The highest BCUT2D eigenvalue weighted by atomic mass is 16.6. The monoisotopic (exact) mass is 456 g/mol.